The van der Waals surface area contributed by atoms with E-state index in [1.807, 2.05) is 5.32 Å². The van der Waals surface area contributed by atoms with Gasteiger partial charge in [0.2, 0.25) is 0 Å². The summed E-state index contributed by atoms with van der Waals surface area (Å²) in [6, 6.07) is 11.4. The number of hydrogen-bond donors (Lipinski definition) is 3. The number of hydrogen-bond acceptors (Lipinski definition) is 4. The van der Waals surface area contributed by atoms with Crippen LogP contribution < -0.4 is 20.9 Å². The number of urea groups is 1. The maximum absolute atomic E-state index is 15.3. The Labute approximate surface area is 372 Å². The van der Waals surface area contributed by atoms with Crippen molar-refractivity contribution in [1.29, 1.82) is 0 Å². The highest BCUT2D eigenvalue weighted by Gasteiger charge is 2.73. The molecule has 0 heterocycles. The summed E-state index contributed by atoms with van der Waals surface area (Å²) in [7, 11) is 1.14. The second-order valence-electron chi connectivity index (χ2n) is 12.7. The van der Waals surface area contributed by atoms with Crippen molar-refractivity contribution in [2.45, 2.75) is 24.2 Å². The van der Waals surface area contributed by atoms with Gasteiger partial charge in [-0.15, -0.1) is 0 Å². The molecule has 0 radical (unpaired) electrons. The molecule has 0 atom stereocenters. The van der Waals surface area contributed by atoms with E-state index in [1.54, 1.807) is 16.7 Å². The Hall–Kier alpha value is -6.01. The summed E-state index contributed by atoms with van der Waals surface area (Å²) in [5.41, 5.74) is -15.3. The lowest BCUT2D eigenvalue weighted by atomic mass is 9.92. The number of rotatable bonds is 7. The van der Waals surface area contributed by atoms with Crippen LogP contribution >= 0.6 is 39.1 Å². The van der Waals surface area contributed by atoms with E-state index in [0.29, 0.717) is 6.07 Å². The molecule has 0 bridgehead atoms. The van der Waals surface area contributed by atoms with Gasteiger partial charge in [0.1, 0.15) is 22.2 Å². The minimum Gasteiger partial charge on any atom is -0.320 e. The number of imide groups is 1. The molecule has 0 saturated carbocycles. The van der Waals surface area contributed by atoms with Gasteiger partial charge in [-0.2, -0.15) is 39.5 Å². The van der Waals surface area contributed by atoms with Crippen LogP contribution in [-0.2, 0) is 11.8 Å². The van der Waals surface area contributed by atoms with Gasteiger partial charge in [0, 0.05) is 22.6 Å². The topological polar surface area (TPSA) is 108 Å². The summed E-state index contributed by atoms with van der Waals surface area (Å²) in [6.07, 6.45) is -19.2. The highest BCUT2D eigenvalue weighted by molar-refractivity contribution is 9.10. The monoisotopic (exact) mass is 1040 g/mol. The van der Waals surface area contributed by atoms with Crippen LogP contribution in [0.2, 0.25) is 10.0 Å². The van der Waals surface area contributed by atoms with Gasteiger partial charge >= 0.3 is 30.2 Å². The molecule has 0 saturated heterocycles. The molecule has 5 amide bonds. The number of nitrogens with one attached hydrogen (secondary N) is 3. The van der Waals surface area contributed by atoms with Gasteiger partial charge in [0.15, 0.2) is 17.5 Å². The van der Waals surface area contributed by atoms with Crippen molar-refractivity contribution >= 4 is 79.9 Å². The Morgan fingerprint density at radius 3 is 1.74 bits per heavy atom. The standard InChI is InChI=1S/C25H14BrF11N2O2.C14H6Cl2F4N2O2/c1-39(21(41)12-6-3-2-4-7-12)17-9-5-8-14(18(17)27)20(40)38-19-15(23(29,30)31)10-13(11-16(19)26)22(28,24(32,33)34)25(35,36)37;15-5-4-8(12(20)10(16)11(5)19)21-14(24)22-13(23)9-6(17)2-1-3-7(9)18/h2-11H,1H3,(H,38,40);1-4H,(H2,21,22,23,24). The first-order valence-corrected chi connectivity index (χ1v) is 18.5. The normalized spacial score (nSPS) is 11.9. The minimum absolute atomic E-state index is 0.116. The van der Waals surface area contributed by atoms with Crippen molar-refractivity contribution in [3.05, 3.63) is 156 Å². The number of halogens is 18. The highest BCUT2D eigenvalue weighted by Crippen LogP contribution is 2.55. The second-order valence-corrected chi connectivity index (χ2v) is 14.3. The molecule has 65 heavy (non-hydrogen) atoms. The molecule has 0 aliphatic heterocycles. The maximum atomic E-state index is 15.3. The zero-order chi connectivity index (χ0) is 49.1. The van der Waals surface area contributed by atoms with Crippen LogP contribution in [0.25, 0.3) is 0 Å². The number of nitrogens with zero attached hydrogens (tertiary/aromatic N) is 1. The van der Waals surface area contributed by atoms with Gasteiger partial charge < -0.3 is 15.5 Å². The number of anilines is 3. The highest BCUT2D eigenvalue weighted by atomic mass is 79.9. The van der Waals surface area contributed by atoms with E-state index in [9.17, 15) is 80.6 Å². The molecule has 0 aromatic heterocycles. The Morgan fingerprint density at radius 2 is 1.20 bits per heavy atom. The molecular formula is C39H20BrCl2F15N4O4. The summed E-state index contributed by atoms with van der Waals surface area (Å²) in [4.78, 5) is 49.6. The van der Waals surface area contributed by atoms with Gasteiger partial charge in [-0.1, -0.05) is 53.5 Å². The second kappa shape index (κ2) is 19.6. The van der Waals surface area contributed by atoms with E-state index in [2.05, 4.69) is 15.9 Å². The van der Waals surface area contributed by atoms with Gasteiger partial charge in [0.05, 0.1) is 33.2 Å². The quantitative estimate of drug-likeness (QED) is 0.0857. The lowest BCUT2D eigenvalue weighted by Gasteiger charge is -2.31. The predicted molar refractivity (Wildman–Crippen MR) is 207 cm³/mol. The predicted octanol–water partition coefficient (Wildman–Crippen LogP) is 12.9. The van der Waals surface area contributed by atoms with Gasteiger partial charge in [-0.05, 0) is 70.5 Å². The van der Waals surface area contributed by atoms with Gasteiger partial charge in [0.25, 0.3) is 17.7 Å². The lowest BCUT2D eigenvalue weighted by Crippen LogP contribution is -2.50. The number of carbonyl (C=O) groups excluding carboxylic acids is 4. The summed E-state index contributed by atoms with van der Waals surface area (Å²) in [5.74, 6) is -10.1. The fraction of sp³-hybridized carbons (Fsp3) is 0.128. The molecule has 5 rings (SSSR count). The summed E-state index contributed by atoms with van der Waals surface area (Å²) >= 11 is 13.2. The van der Waals surface area contributed by atoms with Crippen LogP contribution in [0.4, 0.5) is 87.7 Å². The maximum Gasteiger partial charge on any atom is 0.435 e. The van der Waals surface area contributed by atoms with E-state index >= 15 is 4.39 Å². The van der Waals surface area contributed by atoms with Crippen LogP contribution in [0.3, 0.4) is 0 Å². The summed E-state index contributed by atoms with van der Waals surface area (Å²) < 4.78 is 203. The molecule has 0 unspecified atom stereocenters. The molecule has 0 aliphatic carbocycles. The van der Waals surface area contributed by atoms with Crippen molar-refractivity contribution in [2.24, 2.45) is 0 Å². The van der Waals surface area contributed by atoms with Crippen molar-refractivity contribution in [2.75, 3.05) is 22.6 Å². The summed E-state index contributed by atoms with van der Waals surface area (Å²) in [5, 5.41) is 3.47. The average molecular weight is 1040 g/mol. The number of benzene rings is 5. The van der Waals surface area contributed by atoms with Crippen LogP contribution in [0.5, 0.6) is 0 Å². The van der Waals surface area contributed by atoms with Crippen molar-refractivity contribution in [1.82, 2.24) is 5.32 Å². The van der Waals surface area contributed by atoms with Crippen LogP contribution in [0.15, 0.2) is 89.4 Å². The molecule has 8 nitrogen and oxygen atoms in total. The van der Waals surface area contributed by atoms with E-state index in [0.717, 1.165) is 48.3 Å². The van der Waals surface area contributed by atoms with Crippen molar-refractivity contribution in [3.8, 4) is 0 Å². The average Bonchev–Trinajstić information content (AvgIpc) is 3.21. The number of amides is 5. The Balaban J connectivity index is 0.000000327. The zero-order valence-corrected chi connectivity index (χ0v) is 34.6. The largest absolute Gasteiger partial charge is 0.435 e. The smallest absolute Gasteiger partial charge is 0.320 e. The fourth-order valence-corrected chi connectivity index (χ4v) is 6.38. The number of carbonyl (C=O) groups is 4. The fourth-order valence-electron chi connectivity index (χ4n) is 5.36. The first-order valence-electron chi connectivity index (χ1n) is 17.0. The van der Waals surface area contributed by atoms with Crippen molar-refractivity contribution < 1.29 is 85.0 Å². The SMILES string of the molecule is CN(C(=O)c1ccccc1)c1cccc(C(=O)Nc2c(Br)cc(C(F)(C(F)(F)F)C(F)(F)F)cc2C(F)(F)F)c1F.O=C(NC(=O)c1c(F)cccc1F)Nc1cc(Cl)c(F)c(Cl)c1F. The third-order valence-corrected chi connectivity index (χ3v) is 9.72. The molecule has 0 aliphatic rings. The molecule has 0 spiro atoms. The van der Waals surface area contributed by atoms with Crippen LogP contribution in [0.1, 0.15) is 42.2 Å². The van der Waals surface area contributed by atoms with Gasteiger partial charge in [-0.25, -0.2) is 31.1 Å². The molecule has 5 aromatic rings. The van der Waals surface area contributed by atoms with Crippen LogP contribution in [0, 0.1) is 29.1 Å². The van der Waals surface area contributed by atoms with E-state index < -0.39 is 137 Å². The summed E-state index contributed by atoms with van der Waals surface area (Å²) in [6.45, 7) is 0. The zero-order valence-electron chi connectivity index (χ0n) is 31.5. The van der Waals surface area contributed by atoms with Crippen molar-refractivity contribution in [3.63, 3.8) is 0 Å². The first-order chi connectivity index (χ1) is 29.9. The van der Waals surface area contributed by atoms with E-state index in [-0.39, 0.29) is 11.6 Å². The Bertz CT molecular complexity index is 2630. The molecule has 3 N–H and O–H groups in total. The third-order valence-electron chi connectivity index (χ3n) is 8.49. The number of alkyl halides is 10. The molecule has 26 heteroatoms. The minimum atomic E-state index is -6.72. The van der Waals surface area contributed by atoms with E-state index in [1.165, 1.54) is 24.3 Å². The van der Waals surface area contributed by atoms with E-state index in [4.69, 9.17) is 23.2 Å². The third kappa shape index (κ3) is 11.1. The Morgan fingerprint density at radius 1 is 0.646 bits per heavy atom. The first kappa shape index (κ1) is 51.6. The molecular weight excluding hydrogens is 1020 g/mol. The molecule has 346 valence electrons. The van der Waals surface area contributed by atoms with Crippen LogP contribution in [-0.4, -0.2) is 43.2 Å². The molecule has 5 aromatic carbocycles. The molecule has 0 fully saturated rings. The Kier molecular flexibility index (Phi) is 15.6. The van der Waals surface area contributed by atoms with Gasteiger partial charge in [-0.3, -0.25) is 19.7 Å². The lowest BCUT2D eigenvalue weighted by molar-refractivity contribution is -0.348.